The Labute approximate surface area is 155 Å². The maximum atomic E-state index is 12.7. The van der Waals surface area contributed by atoms with Gasteiger partial charge in [-0.3, -0.25) is 19.3 Å². The molecule has 0 aliphatic carbocycles. The lowest BCUT2D eigenvalue weighted by atomic mass is 10.2. The number of hydrogen-bond donors (Lipinski definition) is 2. The number of nitrogens with one attached hydrogen (secondary N) is 2. The molecule has 0 radical (unpaired) electrons. The van der Waals surface area contributed by atoms with Crippen LogP contribution in [0.25, 0.3) is 5.95 Å². The van der Waals surface area contributed by atoms with Crippen LogP contribution in [0.4, 0.5) is 5.82 Å². The molecule has 142 valence electrons. The van der Waals surface area contributed by atoms with Crippen molar-refractivity contribution in [2.75, 3.05) is 12.4 Å². The van der Waals surface area contributed by atoms with Crippen molar-refractivity contribution in [3.05, 3.63) is 45.6 Å². The van der Waals surface area contributed by atoms with Gasteiger partial charge in [-0.05, 0) is 13.3 Å². The van der Waals surface area contributed by atoms with Crippen LogP contribution >= 0.6 is 0 Å². The van der Waals surface area contributed by atoms with Gasteiger partial charge in [-0.1, -0.05) is 13.3 Å². The second kappa shape index (κ2) is 7.44. The molecule has 3 aromatic heterocycles. The lowest BCUT2D eigenvalue weighted by Gasteiger charge is -2.09. The fourth-order valence-electron chi connectivity index (χ4n) is 2.69. The Balaban J connectivity index is 1.97. The molecule has 0 saturated carbocycles. The van der Waals surface area contributed by atoms with Crippen LogP contribution in [-0.4, -0.2) is 42.5 Å². The highest BCUT2D eigenvalue weighted by Gasteiger charge is 2.19. The molecule has 0 fully saturated rings. The van der Waals surface area contributed by atoms with Crippen LogP contribution in [0, 0.1) is 6.92 Å². The van der Waals surface area contributed by atoms with Crippen molar-refractivity contribution in [1.29, 1.82) is 0 Å². The molecule has 0 aliphatic rings. The van der Waals surface area contributed by atoms with Crippen molar-refractivity contribution < 1.29 is 9.53 Å². The minimum Gasteiger partial charge on any atom is -0.479 e. The topological polar surface area (TPSA) is 120 Å². The third kappa shape index (κ3) is 3.89. The van der Waals surface area contributed by atoms with Gasteiger partial charge in [0.15, 0.2) is 0 Å². The molecule has 3 rings (SSSR count). The Morgan fingerprint density at radius 1 is 1.33 bits per heavy atom. The van der Waals surface area contributed by atoms with E-state index in [1.165, 1.54) is 22.5 Å². The lowest BCUT2D eigenvalue weighted by Crippen LogP contribution is -2.19. The van der Waals surface area contributed by atoms with Gasteiger partial charge < -0.3 is 10.1 Å². The van der Waals surface area contributed by atoms with E-state index in [-0.39, 0.29) is 23.0 Å². The minimum atomic E-state index is -0.409. The van der Waals surface area contributed by atoms with Crippen molar-refractivity contribution in [2.24, 2.45) is 7.05 Å². The first-order valence-corrected chi connectivity index (χ1v) is 8.47. The predicted octanol–water partition coefficient (Wildman–Crippen LogP) is 1.21. The van der Waals surface area contributed by atoms with Crippen LogP contribution < -0.4 is 15.6 Å². The minimum absolute atomic E-state index is 0.217. The van der Waals surface area contributed by atoms with E-state index in [1.54, 1.807) is 26.2 Å². The normalized spacial score (nSPS) is 10.8. The van der Waals surface area contributed by atoms with E-state index < -0.39 is 5.91 Å². The standard InChI is InChI=1S/C17H21N7O3/c1-5-6-11-8-14(25)20-17(18-11)24-13(7-10(2)21-24)19-15(26)12-9-23(3)22-16(12)27-4/h7-9H,5-6H2,1-4H3,(H,19,26)(H,18,20,25). The first-order chi connectivity index (χ1) is 12.9. The van der Waals surface area contributed by atoms with Gasteiger partial charge in [0.2, 0.25) is 11.8 Å². The third-order valence-corrected chi connectivity index (χ3v) is 3.79. The van der Waals surface area contributed by atoms with Crippen molar-refractivity contribution in [2.45, 2.75) is 26.7 Å². The summed E-state index contributed by atoms with van der Waals surface area (Å²) in [6.45, 7) is 3.79. The summed E-state index contributed by atoms with van der Waals surface area (Å²) in [6, 6.07) is 3.15. The number of aromatic nitrogens is 6. The van der Waals surface area contributed by atoms with Gasteiger partial charge in [-0.15, -0.1) is 5.10 Å². The number of hydrogen-bond acceptors (Lipinski definition) is 6. The summed E-state index contributed by atoms with van der Waals surface area (Å²) in [4.78, 5) is 31.7. The zero-order chi connectivity index (χ0) is 19.6. The first-order valence-electron chi connectivity index (χ1n) is 8.47. The number of aromatic amines is 1. The van der Waals surface area contributed by atoms with E-state index in [9.17, 15) is 9.59 Å². The number of anilines is 1. The largest absolute Gasteiger partial charge is 0.479 e. The summed E-state index contributed by atoms with van der Waals surface area (Å²) < 4.78 is 8.02. The van der Waals surface area contributed by atoms with Crippen LogP contribution in [0.3, 0.4) is 0 Å². The van der Waals surface area contributed by atoms with Gasteiger partial charge in [0.1, 0.15) is 11.4 Å². The van der Waals surface area contributed by atoms with E-state index in [4.69, 9.17) is 4.74 Å². The number of carbonyl (C=O) groups excluding carboxylic acids is 1. The fraction of sp³-hybridized carbons (Fsp3) is 0.353. The molecule has 0 saturated heterocycles. The summed E-state index contributed by atoms with van der Waals surface area (Å²) in [6.07, 6.45) is 3.09. The molecule has 0 unspecified atom stereocenters. The molecule has 3 heterocycles. The molecule has 27 heavy (non-hydrogen) atoms. The van der Waals surface area contributed by atoms with E-state index in [1.807, 2.05) is 6.92 Å². The maximum absolute atomic E-state index is 12.7. The second-order valence-electron chi connectivity index (χ2n) is 6.07. The molecule has 0 aromatic carbocycles. The zero-order valence-electron chi connectivity index (χ0n) is 15.6. The smallest absolute Gasteiger partial charge is 0.263 e. The predicted molar refractivity (Wildman–Crippen MR) is 98.4 cm³/mol. The van der Waals surface area contributed by atoms with E-state index in [0.717, 1.165) is 6.42 Å². The van der Waals surface area contributed by atoms with E-state index in [0.29, 0.717) is 23.6 Å². The quantitative estimate of drug-likeness (QED) is 0.672. The number of carbonyl (C=O) groups is 1. The van der Waals surface area contributed by atoms with Crippen LogP contribution in [0.2, 0.25) is 0 Å². The van der Waals surface area contributed by atoms with Gasteiger partial charge in [0.05, 0.1) is 12.8 Å². The Morgan fingerprint density at radius 3 is 2.81 bits per heavy atom. The zero-order valence-corrected chi connectivity index (χ0v) is 15.6. The Bertz CT molecular complexity index is 1030. The van der Waals surface area contributed by atoms with Crippen LogP contribution in [-0.2, 0) is 13.5 Å². The number of nitrogens with zero attached hydrogens (tertiary/aromatic N) is 5. The molecular formula is C17H21N7O3. The second-order valence-corrected chi connectivity index (χ2v) is 6.07. The highest BCUT2D eigenvalue weighted by Crippen LogP contribution is 2.19. The van der Waals surface area contributed by atoms with E-state index in [2.05, 4.69) is 25.5 Å². The van der Waals surface area contributed by atoms with Gasteiger partial charge in [0, 0.05) is 31.1 Å². The number of H-pyrrole nitrogens is 1. The van der Waals surface area contributed by atoms with Crippen molar-refractivity contribution in [1.82, 2.24) is 29.5 Å². The molecule has 10 heteroatoms. The third-order valence-electron chi connectivity index (χ3n) is 3.79. The van der Waals surface area contributed by atoms with Crippen molar-refractivity contribution in [3.8, 4) is 11.8 Å². The molecule has 3 aromatic rings. The average molecular weight is 371 g/mol. The van der Waals surface area contributed by atoms with Crippen LogP contribution in [0.15, 0.2) is 23.1 Å². The fourth-order valence-corrected chi connectivity index (χ4v) is 2.69. The molecule has 0 bridgehead atoms. The molecule has 10 nitrogen and oxygen atoms in total. The van der Waals surface area contributed by atoms with Crippen LogP contribution in [0.1, 0.15) is 35.1 Å². The summed E-state index contributed by atoms with van der Waals surface area (Å²) in [5.74, 6) is 0.426. The summed E-state index contributed by atoms with van der Waals surface area (Å²) in [7, 11) is 3.14. The summed E-state index contributed by atoms with van der Waals surface area (Å²) in [5, 5.41) is 11.2. The highest BCUT2D eigenvalue weighted by atomic mass is 16.5. The van der Waals surface area contributed by atoms with Crippen molar-refractivity contribution in [3.63, 3.8) is 0 Å². The molecule has 1 amide bonds. The highest BCUT2D eigenvalue weighted by molar-refractivity contribution is 6.05. The molecule has 2 N–H and O–H groups in total. The monoisotopic (exact) mass is 371 g/mol. The SMILES string of the molecule is CCCc1cc(=O)[nH]c(-n2nc(C)cc2NC(=O)c2cn(C)nc2OC)n1. The Hall–Kier alpha value is -3.43. The first kappa shape index (κ1) is 18.4. The lowest BCUT2D eigenvalue weighted by molar-refractivity contribution is 0.102. The molecule has 0 atom stereocenters. The van der Waals surface area contributed by atoms with Gasteiger partial charge >= 0.3 is 0 Å². The van der Waals surface area contributed by atoms with Gasteiger partial charge in [-0.25, -0.2) is 4.98 Å². The number of rotatable bonds is 6. The Morgan fingerprint density at radius 2 is 2.11 bits per heavy atom. The maximum Gasteiger partial charge on any atom is 0.263 e. The summed E-state index contributed by atoms with van der Waals surface area (Å²) >= 11 is 0. The molecular weight excluding hydrogens is 350 g/mol. The molecule has 0 aliphatic heterocycles. The van der Waals surface area contributed by atoms with Crippen LogP contribution in [0.5, 0.6) is 5.88 Å². The number of amides is 1. The summed E-state index contributed by atoms with van der Waals surface area (Å²) in [5.41, 5.74) is 1.33. The van der Waals surface area contributed by atoms with Gasteiger partial charge in [0.25, 0.3) is 11.5 Å². The van der Waals surface area contributed by atoms with Crippen molar-refractivity contribution >= 4 is 11.7 Å². The number of ether oxygens (including phenoxy) is 1. The van der Waals surface area contributed by atoms with Gasteiger partial charge in [-0.2, -0.15) is 9.78 Å². The Kier molecular flexibility index (Phi) is 5.06. The average Bonchev–Trinajstić information content (AvgIpc) is 3.17. The number of methoxy groups -OCH3 is 1. The number of aryl methyl sites for hydroxylation is 3. The van der Waals surface area contributed by atoms with E-state index >= 15 is 0 Å². The molecule has 0 spiro atoms.